The minimum absolute atomic E-state index is 0.115. The van der Waals surface area contributed by atoms with Crippen LogP contribution in [-0.2, 0) is 9.59 Å². The zero-order valence-electron chi connectivity index (χ0n) is 28.7. The van der Waals surface area contributed by atoms with Crippen LogP contribution < -0.4 is 9.80 Å². The molecule has 0 aromatic carbocycles. The van der Waals surface area contributed by atoms with E-state index in [1.807, 2.05) is 24.3 Å². The zero-order valence-corrected chi connectivity index (χ0v) is 30.2. The number of piperidine rings is 2. The Balaban J connectivity index is 0.000000157. The number of anilines is 2. The Morgan fingerprint density at radius 1 is 0.660 bits per heavy atom. The second-order valence-corrected chi connectivity index (χ2v) is 15.8. The van der Waals surface area contributed by atoms with Crippen molar-refractivity contribution in [2.75, 3.05) is 49.1 Å². The summed E-state index contributed by atoms with van der Waals surface area (Å²) < 4.78 is 0. The van der Waals surface area contributed by atoms with Crippen LogP contribution in [0.5, 0.6) is 0 Å². The van der Waals surface area contributed by atoms with Crippen molar-refractivity contribution in [3.05, 3.63) is 69.0 Å². The SMILES string of the molecule is CC1(O)CC(=O)CC2=C1C(C1CCN(c3ccc(Cl)cn3)CC1)=NC2.CC1(O)CC(=O)CC2=C1C(C1CCN(c3ccc(Cl)cn3)CC1)=NC2. The van der Waals surface area contributed by atoms with Gasteiger partial charge < -0.3 is 20.0 Å². The molecule has 0 radical (unpaired) electrons. The largest absolute Gasteiger partial charge is 0.385 e. The van der Waals surface area contributed by atoms with Crippen molar-refractivity contribution in [2.24, 2.45) is 21.8 Å². The molecular formula is C38H44Cl2N6O4. The molecular weight excluding hydrogens is 675 g/mol. The number of ketones is 2. The highest BCUT2D eigenvalue weighted by molar-refractivity contribution is 6.30. The summed E-state index contributed by atoms with van der Waals surface area (Å²) in [6, 6.07) is 7.64. The molecule has 2 unspecified atom stereocenters. The fourth-order valence-electron chi connectivity index (χ4n) is 8.73. The number of hydrogen-bond acceptors (Lipinski definition) is 10. The van der Waals surface area contributed by atoms with E-state index in [1.165, 1.54) is 0 Å². The van der Waals surface area contributed by atoms with Gasteiger partial charge in [0.2, 0.25) is 0 Å². The Morgan fingerprint density at radius 3 is 1.38 bits per heavy atom. The molecule has 2 aromatic heterocycles. The maximum absolute atomic E-state index is 11.9. The van der Waals surface area contributed by atoms with Gasteiger partial charge in [0.1, 0.15) is 23.2 Å². The van der Waals surface area contributed by atoms with Crippen molar-refractivity contribution >= 4 is 57.8 Å². The summed E-state index contributed by atoms with van der Waals surface area (Å²) in [6.07, 6.45) is 8.57. The Kier molecular flexibility index (Phi) is 9.75. The molecule has 6 aliphatic rings. The molecule has 2 atom stereocenters. The number of Topliss-reactive ketones (excluding diaryl/α,β-unsaturated/α-hetero) is 2. The van der Waals surface area contributed by atoms with E-state index >= 15 is 0 Å². The molecule has 2 aromatic rings. The number of aliphatic hydroxyl groups is 2. The standard InChI is InChI=1S/2C19H22ClN3O2/c2*1-19(25)9-15(24)8-13-10-22-18(17(13)19)12-4-6-23(7-5-12)16-3-2-14(20)11-21-16/h2*2-3,11-12,25H,4-10H2,1H3. The average molecular weight is 720 g/mol. The van der Waals surface area contributed by atoms with E-state index in [-0.39, 0.29) is 24.4 Å². The number of pyridine rings is 2. The molecule has 50 heavy (non-hydrogen) atoms. The van der Waals surface area contributed by atoms with Crippen LogP contribution in [0.2, 0.25) is 10.0 Å². The molecule has 0 amide bonds. The van der Waals surface area contributed by atoms with Crippen LogP contribution in [0.4, 0.5) is 11.6 Å². The van der Waals surface area contributed by atoms with Crippen LogP contribution in [-0.4, -0.2) is 93.6 Å². The Labute approximate surface area is 303 Å². The number of rotatable bonds is 4. The third kappa shape index (κ3) is 7.17. The van der Waals surface area contributed by atoms with Crippen LogP contribution >= 0.6 is 23.2 Å². The molecule has 0 saturated carbocycles. The third-order valence-electron chi connectivity index (χ3n) is 10.9. The monoisotopic (exact) mass is 718 g/mol. The maximum atomic E-state index is 11.9. The first-order chi connectivity index (χ1) is 23.9. The molecule has 0 bridgehead atoms. The number of carbonyl (C=O) groups excluding carboxylic acids is 2. The van der Waals surface area contributed by atoms with Crippen LogP contribution in [0.3, 0.4) is 0 Å². The first-order valence-electron chi connectivity index (χ1n) is 17.6. The summed E-state index contributed by atoms with van der Waals surface area (Å²) in [6.45, 7) is 8.28. The zero-order chi connectivity index (χ0) is 35.2. The van der Waals surface area contributed by atoms with E-state index in [9.17, 15) is 19.8 Å². The lowest BCUT2D eigenvalue weighted by Gasteiger charge is -2.37. The van der Waals surface area contributed by atoms with Crippen LogP contribution in [0.15, 0.2) is 68.9 Å². The van der Waals surface area contributed by atoms with Gasteiger partial charge in [-0.25, -0.2) is 9.97 Å². The van der Waals surface area contributed by atoms with E-state index in [1.54, 1.807) is 26.2 Å². The van der Waals surface area contributed by atoms with Crippen LogP contribution in [0, 0.1) is 11.8 Å². The van der Waals surface area contributed by atoms with Crippen molar-refractivity contribution in [1.82, 2.24) is 9.97 Å². The predicted octanol–water partition coefficient (Wildman–Crippen LogP) is 5.63. The molecule has 8 rings (SSSR count). The lowest BCUT2D eigenvalue weighted by molar-refractivity contribution is -0.123. The van der Waals surface area contributed by atoms with Gasteiger partial charge in [-0.05, 0) is 74.9 Å². The first kappa shape index (κ1) is 35.0. The van der Waals surface area contributed by atoms with Gasteiger partial charge in [-0.1, -0.05) is 23.2 Å². The maximum Gasteiger partial charge on any atom is 0.140 e. The van der Waals surface area contributed by atoms with E-state index in [4.69, 9.17) is 33.2 Å². The fraction of sp³-hybridized carbons (Fsp3) is 0.526. The summed E-state index contributed by atoms with van der Waals surface area (Å²) in [4.78, 5) is 46.5. The Morgan fingerprint density at radius 2 is 1.04 bits per heavy atom. The van der Waals surface area contributed by atoms with Crippen molar-refractivity contribution in [3.8, 4) is 0 Å². The van der Waals surface area contributed by atoms with Crippen molar-refractivity contribution in [1.29, 1.82) is 0 Å². The van der Waals surface area contributed by atoms with Crippen molar-refractivity contribution < 1.29 is 19.8 Å². The van der Waals surface area contributed by atoms with E-state index in [2.05, 4.69) is 19.8 Å². The molecule has 2 aliphatic carbocycles. The minimum Gasteiger partial charge on any atom is -0.385 e. The van der Waals surface area contributed by atoms with E-state index in [0.717, 1.165) is 97.2 Å². The first-order valence-corrected chi connectivity index (χ1v) is 18.4. The van der Waals surface area contributed by atoms with Gasteiger partial charge >= 0.3 is 0 Å². The van der Waals surface area contributed by atoms with Gasteiger partial charge in [-0.15, -0.1) is 0 Å². The summed E-state index contributed by atoms with van der Waals surface area (Å²) in [5.74, 6) is 2.82. The number of carbonyl (C=O) groups is 2. The molecule has 2 fully saturated rings. The lowest BCUT2D eigenvalue weighted by atomic mass is 9.74. The van der Waals surface area contributed by atoms with Gasteiger partial charge in [-0.2, -0.15) is 0 Å². The number of hydrogen-bond donors (Lipinski definition) is 2. The summed E-state index contributed by atoms with van der Waals surface area (Å²) in [7, 11) is 0. The average Bonchev–Trinajstić information content (AvgIpc) is 3.71. The van der Waals surface area contributed by atoms with Crippen molar-refractivity contribution in [3.63, 3.8) is 0 Å². The van der Waals surface area contributed by atoms with Gasteiger partial charge in [0.15, 0.2) is 0 Å². The highest BCUT2D eigenvalue weighted by Crippen LogP contribution is 2.41. The molecule has 0 spiro atoms. The smallest absolute Gasteiger partial charge is 0.140 e. The molecule has 4 aliphatic heterocycles. The highest BCUT2D eigenvalue weighted by Gasteiger charge is 2.44. The Bertz CT molecular complexity index is 1650. The topological polar surface area (TPSA) is 132 Å². The minimum atomic E-state index is -1.06. The molecule has 10 nitrogen and oxygen atoms in total. The lowest BCUT2D eigenvalue weighted by Crippen LogP contribution is -2.42. The number of halogens is 2. The molecule has 264 valence electrons. The number of aromatic nitrogens is 2. The Hall–Kier alpha value is -3.44. The van der Waals surface area contributed by atoms with Crippen LogP contribution in [0.25, 0.3) is 0 Å². The van der Waals surface area contributed by atoms with Crippen LogP contribution in [0.1, 0.15) is 65.2 Å². The number of aliphatic imine (C=N–C) groups is 2. The van der Waals surface area contributed by atoms with E-state index < -0.39 is 11.2 Å². The molecule has 2 saturated heterocycles. The second kappa shape index (κ2) is 13.9. The third-order valence-corrected chi connectivity index (χ3v) is 11.4. The van der Waals surface area contributed by atoms with Gasteiger partial charge in [-0.3, -0.25) is 19.6 Å². The van der Waals surface area contributed by atoms with E-state index in [0.29, 0.717) is 47.8 Å². The second-order valence-electron chi connectivity index (χ2n) is 14.9. The normalized spacial score (nSPS) is 27.6. The molecule has 2 N–H and O–H groups in total. The van der Waals surface area contributed by atoms with Crippen molar-refractivity contribution in [2.45, 2.75) is 76.4 Å². The molecule has 12 heteroatoms. The molecule has 6 heterocycles. The summed E-state index contributed by atoms with van der Waals surface area (Å²) >= 11 is 11.8. The predicted molar refractivity (Wildman–Crippen MR) is 197 cm³/mol. The fourth-order valence-corrected chi connectivity index (χ4v) is 8.95. The van der Waals surface area contributed by atoms with Gasteiger partial charge in [0.25, 0.3) is 0 Å². The quantitative estimate of drug-likeness (QED) is 0.416. The van der Waals surface area contributed by atoms with Gasteiger partial charge in [0.05, 0.1) is 34.3 Å². The number of nitrogens with zero attached hydrogens (tertiary/aromatic N) is 6. The highest BCUT2D eigenvalue weighted by atomic mass is 35.5. The summed E-state index contributed by atoms with van der Waals surface area (Å²) in [5.41, 5.74) is 3.91. The van der Waals surface area contributed by atoms with Gasteiger partial charge in [0, 0.05) is 98.7 Å². The summed E-state index contributed by atoms with van der Waals surface area (Å²) in [5, 5.41) is 22.9.